The molecule has 1 amide bonds. The van der Waals surface area contributed by atoms with Crippen molar-refractivity contribution in [3.8, 4) is 28.6 Å². The van der Waals surface area contributed by atoms with E-state index in [1.165, 1.54) is 0 Å². The fourth-order valence-electron chi connectivity index (χ4n) is 4.32. The molecule has 5 rings (SSSR count). The van der Waals surface area contributed by atoms with E-state index in [9.17, 15) is 4.79 Å². The van der Waals surface area contributed by atoms with E-state index >= 15 is 0 Å². The number of carbonyl (C=O) groups is 1. The predicted molar refractivity (Wildman–Crippen MR) is 129 cm³/mol. The van der Waals surface area contributed by atoms with Crippen molar-refractivity contribution in [3.63, 3.8) is 0 Å². The lowest BCUT2D eigenvalue weighted by Crippen LogP contribution is -2.43. The summed E-state index contributed by atoms with van der Waals surface area (Å²) in [7, 11) is 1.82. The van der Waals surface area contributed by atoms with Gasteiger partial charge < -0.3 is 14.4 Å². The second-order valence-electron chi connectivity index (χ2n) is 9.75. The average Bonchev–Trinajstić information content (AvgIpc) is 3.16. The lowest BCUT2D eigenvalue weighted by molar-refractivity contribution is 0.0649. The number of benzene rings is 2. The maximum absolute atomic E-state index is 13.6. The first-order valence-corrected chi connectivity index (χ1v) is 11.6. The van der Waals surface area contributed by atoms with Gasteiger partial charge in [0.2, 0.25) is 0 Å². The molecule has 0 N–H and O–H groups in total. The summed E-state index contributed by atoms with van der Waals surface area (Å²) < 4.78 is 14.0. The largest absolute Gasteiger partial charge is 0.486 e. The predicted octanol–water partition coefficient (Wildman–Crippen LogP) is 5.32. The Morgan fingerprint density at radius 3 is 2.67 bits per heavy atom. The topological polar surface area (TPSA) is 56.6 Å². The van der Waals surface area contributed by atoms with Crippen LogP contribution in [0.1, 0.15) is 49.4 Å². The second-order valence-corrected chi connectivity index (χ2v) is 10.2. The summed E-state index contributed by atoms with van der Waals surface area (Å²) in [6, 6.07) is 11.7. The highest BCUT2D eigenvalue weighted by Gasteiger charge is 2.34. The Morgan fingerprint density at radius 2 is 1.94 bits per heavy atom. The Labute approximate surface area is 199 Å². The first-order chi connectivity index (χ1) is 15.6. The molecule has 0 spiro atoms. The van der Waals surface area contributed by atoms with Crippen molar-refractivity contribution >= 4 is 17.5 Å². The van der Waals surface area contributed by atoms with E-state index in [0.717, 1.165) is 34.7 Å². The van der Waals surface area contributed by atoms with Crippen LogP contribution >= 0.6 is 11.6 Å². The molecular weight excluding hydrogens is 438 g/mol. The molecule has 0 bridgehead atoms. The number of halogens is 1. The Balaban J connectivity index is 1.74. The van der Waals surface area contributed by atoms with E-state index in [0.29, 0.717) is 35.3 Å². The zero-order valence-electron chi connectivity index (χ0n) is 19.6. The molecule has 2 aliphatic rings. The number of carbonyl (C=O) groups excluding carboxylic acids is 1. The van der Waals surface area contributed by atoms with Gasteiger partial charge in [0.05, 0.1) is 16.4 Å². The normalized spacial score (nSPS) is 16.7. The maximum atomic E-state index is 13.6. The first kappa shape index (κ1) is 21.8. The number of hydrogen-bond donors (Lipinski definition) is 0. The van der Waals surface area contributed by atoms with Crippen LogP contribution in [0.5, 0.6) is 11.5 Å². The number of nitrogens with zero attached hydrogens (tertiary/aromatic N) is 3. The maximum Gasteiger partial charge on any atom is 0.274 e. The number of aromatic nitrogens is 2. The van der Waals surface area contributed by atoms with Crippen LogP contribution in [-0.2, 0) is 12.8 Å². The monoisotopic (exact) mass is 465 g/mol. The third kappa shape index (κ3) is 3.66. The second kappa shape index (κ2) is 7.80. The summed E-state index contributed by atoms with van der Waals surface area (Å²) in [4.78, 5) is 20.2. The van der Waals surface area contributed by atoms with Crippen LogP contribution in [0.4, 0.5) is 0 Å². The molecule has 1 unspecified atom stereocenters. The van der Waals surface area contributed by atoms with Gasteiger partial charge >= 0.3 is 0 Å². The lowest BCUT2D eigenvalue weighted by Gasteiger charge is -2.32. The van der Waals surface area contributed by atoms with E-state index in [1.807, 2.05) is 65.1 Å². The van der Waals surface area contributed by atoms with Crippen molar-refractivity contribution in [3.05, 3.63) is 58.4 Å². The highest BCUT2D eigenvalue weighted by atomic mass is 35.5. The molecule has 3 heterocycles. The van der Waals surface area contributed by atoms with Gasteiger partial charge in [-0.2, -0.15) is 0 Å². The van der Waals surface area contributed by atoms with E-state index in [-0.39, 0.29) is 17.6 Å². The zero-order chi connectivity index (χ0) is 23.5. The van der Waals surface area contributed by atoms with Gasteiger partial charge in [-0.15, -0.1) is 0 Å². The molecule has 1 aromatic heterocycles. The van der Waals surface area contributed by atoms with Gasteiger partial charge in [0, 0.05) is 24.2 Å². The van der Waals surface area contributed by atoms with Gasteiger partial charge in [0.25, 0.3) is 5.91 Å². The van der Waals surface area contributed by atoms with Crippen molar-refractivity contribution in [1.82, 2.24) is 14.5 Å². The zero-order valence-corrected chi connectivity index (χ0v) is 20.4. The smallest absolute Gasteiger partial charge is 0.274 e. The molecule has 0 saturated heterocycles. The molecule has 0 fully saturated rings. The molecule has 2 aromatic carbocycles. The average molecular weight is 466 g/mol. The molecule has 0 aliphatic carbocycles. The van der Waals surface area contributed by atoms with E-state index in [2.05, 4.69) is 10.6 Å². The fraction of sp³-hybridized carbons (Fsp3) is 0.385. The van der Waals surface area contributed by atoms with Gasteiger partial charge in [0.1, 0.15) is 18.5 Å². The molecule has 1 atom stereocenters. The molecule has 3 aromatic rings. The van der Waals surface area contributed by atoms with E-state index < -0.39 is 0 Å². The quantitative estimate of drug-likeness (QED) is 0.514. The van der Waals surface area contributed by atoms with Gasteiger partial charge in [-0.3, -0.25) is 9.36 Å². The highest BCUT2D eigenvalue weighted by Crippen LogP contribution is 2.42. The van der Waals surface area contributed by atoms with Crippen molar-refractivity contribution in [1.29, 1.82) is 0 Å². The highest BCUT2D eigenvalue weighted by molar-refractivity contribution is 6.33. The van der Waals surface area contributed by atoms with E-state index in [4.69, 9.17) is 26.1 Å². The first-order valence-electron chi connectivity index (χ1n) is 11.3. The third-order valence-corrected chi connectivity index (χ3v) is 6.75. The SMILES string of the molecule is CC1COc2cc3c(cc2O1)-n1c(-c2ccccc2Cl)nc(C(=O)N(C)C(C)(C)C)c1CC3. The van der Waals surface area contributed by atoms with Gasteiger partial charge in [-0.25, -0.2) is 4.98 Å². The van der Waals surface area contributed by atoms with Gasteiger partial charge in [-0.05, 0) is 64.3 Å². The molecule has 2 aliphatic heterocycles. The van der Waals surface area contributed by atoms with Crippen LogP contribution in [0.25, 0.3) is 17.1 Å². The number of fused-ring (bicyclic) bond motifs is 4. The molecule has 6 nitrogen and oxygen atoms in total. The van der Waals surface area contributed by atoms with Crippen LogP contribution < -0.4 is 9.47 Å². The van der Waals surface area contributed by atoms with Crippen molar-refractivity contribution < 1.29 is 14.3 Å². The van der Waals surface area contributed by atoms with Crippen LogP contribution in [-0.4, -0.2) is 45.7 Å². The summed E-state index contributed by atoms with van der Waals surface area (Å²) in [6.45, 7) is 8.57. The fourth-order valence-corrected chi connectivity index (χ4v) is 4.54. The molecule has 0 radical (unpaired) electrons. The number of amides is 1. The summed E-state index contributed by atoms with van der Waals surface area (Å²) in [5.74, 6) is 2.03. The van der Waals surface area contributed by atoms with Crippen LogP contribution in [0, 0.1) is 0 Å². The summed E-state index contributed by atoms with van der Waals surface area (Å²) in [5, 5.41) is 0.590. The molecule has 0 saturated carbocycles. The minimum atomic E-state index is -0.328. The van der Waals surface area contributed by atoms with E-state index in [1.54, 1.807) is 4.90 Å². The van der Waals surface area contributed by atoms with Crippen molar-refractivity contribution in [2.24, 2.45) is 0 Å². The summed E-state index contributed by atoms with van der Waals surface area (Å²) in [6.07, 6.45) is 1.45. The molecular formula is C26H28ClN3O3. The summed E-state index contributed by atoms with van der Waals surface area (Å²) >= 11 is 6.59. The van der Waals surface area contributed by atoms with Crippen molar-refractivity contribution in [2.45, 2.75) is 52.2 Å². The van der Waals surface area contributed by atoms with Crippen LogP contribution in [0.2, 0.25) is 5.02 Å². The minimum absolute atomic E-state index is 0.0259. The summed E-state index contributed by atoms with van der Waals surface area (Å²) in [5.41, 5.74) is 3.90. The van der Waals surface area contributed by atoms with Crippen LogP contribution in [0.3, 0.4) is 0 Å². The third-order valence-electron chi connectivity index (χ3n) is 6.42. The number of ether oxygens (including phenoxy) is 2. The Kier molecular flexibility index (Phi) is 5.16. The van der Waals surface area contributed by atoms with Gasteiger partial charge in [0.15, 0.2) is 17.2 Å². The number of imidazole rings is 1. The minimum Gasteiger partial charge on any atom is -0.486 e. The van der Waals surface area contributed by atoms with Gasteiger partial charge in [-0.1, -0.05) is 23.7 Å². The molecule has 33 heavy (non-hydrogen) atoms. The number of hydrogen-bond acceptors (Lipinski definition) is 4. The number of aryl methyl sites for hydroxylation is 1. The Morgan fingerprint density at radius 1 is 1.18 bits per heavy atom. The number of rotatable bonds is 2. The Hall–Kier alpha value is -2.99. The standard InChI is InChI=1S/C26H28ClN3O3/c1-15-14-32-21-12-16-10-11-19-23(25(31)29(5)26(2,3)4)28-24(17-8-6-7-9-18(17)27)30(19)20(16)13-22(21)33-15/h6-9,12-13,15H,10-11,14H2,1-5H3. The molecule has 172 valence electrons. The molecule has 7 heteroatoms. The Bertz CT molecular complexity index is 1260. The lowest BCUT2D eigenvalue weighted by atomic mass is 9.98. The van der Waals surface area contributed by atoms with Crippen LogP contribution in [0.15, 0.2) is 36.4 Å². The van der Waals surface area contributed by atoms with Crippen molar-refractivity contribution in [2.75, 3.05) is 13.7 Å².